The van der Waals surface area contributed by atoms with E-state index in [1.807, 2.05) is 25.1 Å². The molecule has 1 fully saturated rings. The van der Waals surface area contributed by atoms with Gasteiger partial charge in [0.25, 0.3) is 0 Å². The third-order valence-corrected chi connectivity index (χ3v) is 3.64. The number of benzene rings is 1. The maximum Gasteiger partial charge on any atom is 0.246 e. The van der Waals surface area contributed by atoms with Crippen LogP contribution in [0.25, 0.3) is 0 Å². The van der Waals surface area contributed by atoms with Gasteiger partial charge < -0.3 is 10.2 Å². The van der Waals surface area contributed by atoms with E-state index in [4.69, 9.17) is 0 Å². The topological polar surface area (TPSA) is 49.4 Å². The Morgan fingerprint density at radius 2 is 2.12 bits per heavy atom. The van der Waals surface area contributed by atoms with Crippen molar-refractivity contribution >= 4 is 33.4 Å². The summed E-state index contributed by atoms with van der Waals surface area (Å²) in [7, 11) is 0. The zero-order valence-electron chi connectivity index (χ0n) is 9.50. The Hall–Kier alpha value is -1.36. The Balaban J connectivity index is 2.28. The molecular weight excluding hydrogens is 284 g/mol. The highest BCUT2D eigenvalue weighted by atomic mass is 79.9. The fourth-order valence-corrected chi connectivity index (χ4v) is 2.01. The number of anilines is 1. The molecule has 1 aliphatic heterocycles. The van der Waals surface area contributed by atoms with Crippen LogP contribution in [0, 0.1) is 6.92 Å². The minimum absolute atomic E-state index is 0.0717. The third-order valence-electron chi connectivity index (χ3n) is 2.75. The van der Waals surface area contributed by atoms with Gasteiger partial charge in [-0.1, -0.05) is 15.9 Å². The van der Waals surface area contributed by atoms with Crippen molar-refractivity contribution in [2.24, 2.45) is 0 Å². The van der Waals surface area contributed by atoms with Gasteiger partial charge in [0, 0.05) is 23.1 Å². The van der Waals surface area contributed by atoms with Crippen LogP contribution in [0.5, 0.6) is 0 Å². The minimum Gasteiger partial charge on any atom is -0.347 e. The van der Waals surface area contributed by atoms with E-state index in [2.05, 4.69) is 21.2 Å². The molecule has 0 spiro atoms. The highest BCUT2D eigenvalue weighted by Gasteiger charge is 2.21. The zero-order valence-corrected chi connectivity index (χ0v) is 11.1. The number of halogens is 1. The van der Waals surface area contributed by atoms with Crippen LogP contribution in [0.4, 0.5) is 5.69 Å². The first kappa shape index (κ1) is 12.1. The first-order valence-electron chi connectivity index (χ1n) is 5.41. The fourth-order valence-electron chi connectivity index (χ4n) is 1.77. The summed E-state index contributed by atoms with van der Waals surface area (Å²) in [4.78, 5) is 24.7. The zero-order chi connectivity index (χ0) is 12.4. The lowest BCUT2D eigenvalue weighted by Gasteiger charge is -2.20. The van der Waals surface area contributed by atoms with Gasteiger partial charge in [-0.3, -0.25) is 9.59 Å². The Labute approximate surface area is 108 Å². The molecule has 1 N–H and O–H groups in total. The average Bonchev–Trinajstić information content (AvgIpc) is 2.46. The van der Waals surface area contributed by atoms with E-state index in [1.54, 1.807) is 4.90 Å². The first-order chi connectivity index (χ1) is 8.08. The SMILES string of the molecule is Cc1cc(N2CCC(=O)NCC2=O)ccc1Br. The van der Waals surface area contributed by atoms with E-state index in [-0.39, 0.29) is 18.4 Å². The van der Waals surface area contributed by atoms with E-state index in [9.17, 15) is 9.59 Å². The predicted octanol–water partition coefficient (Wildman–Crippen LogP) is 1.61. The number of nitrogens with zero attached hydrogens (tertiary/aromatic N) is 1. The van der Waals surface area contributed by atoms with E-state index in [0.29, 0.717) is 13.0 Å². The summed E-state index contributed by atoms with van der Waals surface area (Å²) in [6.45, 7) is 2.49. The summed E-state index contributed by atoms with van der Waals surface area (Å²) in [6, 6.07) is 5.74. The second-order valence-corrected chi connectivity index (χ2v) is 4.86. The number of hydrogen-bond acceptors (Lipinski definition) is 2. The Bertz CT molecular complexity index is 474. The summed E-state index contributed by atoms with van der Waals surface area (Å²) in [5.74, 6) is -0.146. The highest BCUT2D eigenvalue weighted by Crippen LogP contribution is 2.23. The minimum atomic E-state index is -0.0744. The quantitative estimate of drug-likeness (QED) is 0.856. The maximum atomic E-state index is 11.9. The van der Waals surface area contributed by atoms with Gasteiger partial charge in [0.2, 0.25) is 11.8 Å². The standard InChI is InChI=1S/C12H13BrN2O2/c1-8-6-9(2-3-10(8)13)15-5-4-11(16)14-7-12(15)17/h2-3,6H,4-5,7H2,1H3,(H,14,16). The normalized spacial score (nSPS) is 16.7. The molecule has 5 heteroatoms. The molecule has 0 aromatic heterocycles. The van der Waals surface area contributed by atoms with Gasteiger partial charge in [-0.15, -0.1) is 0 Å². The van der Waals surface area contributed by atoms with Gasteiger partial charge in [-0.2, -0.15) is 0 Å². The van der Waals surface area contributed by atoms with E-state index < -0.39 is 0 Å². The van der Waals surface area contributed by atoms with E-state index in [1.165, 1.54) is 0 Å². The predicted molar refractivity (Wildman–Crippen MR) is 68.9 cm³/mol. The van der Waals surface area contributed by atoms with Gasteiger partial charge in [0.05, 0.1) is 6.54 Å². The summed E-state index contributed by atoms with van der Waals surface area (Å²) in [6.07, 6.45) is 0.348. The molecule has 0 bridgehead atoms. The fraction of sp³-hybridized carbons (Fsp3) is 0.333. The van der Waals surface area contributed by atoms with Crippen LogP contribution in [-0.4, -0.2) is 24.9 Å². The molecule has 1 aromatic rings. The molecule has 2 rings (SSSR count). The van der Waals surface area contributed by atoms with Gasteiger partial charge >= 0.3 is 0 Å². The molecule has 0 radical (unpaired) electrons. The van der Waals surface area contributed by atoms with Crippen LogP contribution >= 0.6 is 15.9 Å². The lowest BCUT2D eigenvalue weighted by Crippen LogP contribution is -2.35. The molecule has 17 heavy (non-hydrogen) atoms. The van der Waals surface area contributed by atoms with Gasteiger partial charge in [-0.05, 0) is 30.7 Å². The van der Waals surface area contributed by atoms with Crippen molar-refractivity contribution in [2.45, 2.75) is 13.3 Å². The summed E-state index contributed by atoms with van der Waals surface area (Å²) >= 11 is 3.42. The number of hydrogen-bond donors (Lipinski definition) is 1. The molecule has 2 amide bonds. The van der Waals surface area contributed by atoms with Crippen LogP contribution < -0.4 is 10.2 Å². The van der Waals surface area contributed by atoms with E-state index in [0.717, 1.165) is 15.7 Å². The van der Waals surface area contributed by atoms with Gasteiger partial charge in [0.1, 0.15) is 0 Å². The van der Waals surface area contributed by atoms with Gasteiger partial charge in [0.15, 0.2) is 0 Å². The van der Waals surface area contributed by atoms with Crippen molar-refractivity contribution in [2.75, 3.05) is 18.0 Å². The molecule has 90 valence electrons. The molecule has 1 saturated heterocycles. The van der Waals surface area contributed by atoms with Crippen LogP contribution in [0.1, 0.15) is 12.0 Å². The molecule has 1 heterocycles. The molecule has 0 saturated carbocycles. The van der Waals surface area contributed by atoms with Crippen molar-refractivity contribution in [1.29, 1.82) is 0 Å². The second-order valence-electron chi connectivity index (χ2n) is 4.01. The molecule has 0 unspecified atom stereocenters. The van der Waals surface area contributed by atoms with Crippen LogP contribution in [-0.2, 0) is 9.59 Å². The van der Waals surface area contributed by atoms with Crippen molar-refractivity contribution in [1.82, 2.24) is 5.32 Å². The molecule has 1 aromatic carbocycles. The largest absolute Gasteiger partial charge is 0.347 e. The number of carbonyl (C=O) groups is 2. The summed E-state index contributed by atoms with van der Waals surface area (Å²) in [5, 5.41) is 2.58. The average molecular weight is 297 g/mol. The summed E-state index contributed by atoms with van der Waals surface area (Å²) in [5.41, 5.74) is 1.91. The number of rotatable bonds is 1. The molecular formula is C12H13BrN2O2. The first-order valence-corrected chi connectivity index (χ1v) is 6.20. The Morgan fingerprint density at radius 1 is 1.35 bits per heavy atom. The smallest absolute Gasteiger partial charge is 0.246 e. The van der Waals surface area contributed by atoms with E-state index >= 15 is 0 Å². The molecule has 4 nitrogen and oxygen atoms in total. The number of carbonyl (C=O) groups excluding carboxylic acids is 2. The Morgan fingerprint density at radius 3 is 2.82 bits per heavy atom. The lowest BCUT2D eigenvalue weighted by atomic mass is 10.2. The van der Waals surface area contributed by atoms with Crippen LogP contribution in [0.3, 0.4) is 0 Å². The number of aryl methyl sites for hydroxylation is 1. The van der Waals surface area contributed by atoms with Crippen molar-refractivity contribution in [3.8, 4) is 0 Å². The highest BCUT2D eigenvalue weighted by molar-refractivity contribution is 9.10. The van der Waals surface area contributed by atoms with Crippen molar-refractivity contribution < 1.29 is 9.59 Å². The molecule has 0 aliphatic carbocycles. The monoisotopic (exact) mass is 296 g/mol. The van der Waals surface area contributed by atoms with Gasteiger partial charge in [-0.25, -0.2) is 0 Å². The lowest BCUT2D eigenvalue weighted by molar-refractivity contribution is -0.123. The molecule has 1 aliphatic rings. The summed E-state index contributed by atoms with van der Waals surface area (Å²) < 4.78 is 1.01. The second kappa shape index (κ2) is 4.87. The van der Waals surface area contributed by atoms with Crippen LogP contribution in [0.2, 0.25) is 0 Å². The van der Waals surface area contributed by atoms with Crippen molar-refractivity contribution in [3.63, 3.8) is 0 Å². The number of nitrogens with one attached hydrogen (secondary N) is 1. The van der Waals surface area contributed by atoms with Crippen LogP contribution in [0.15, 0.2) is 22.7 Å². The third kappa shape index (κ3) is 2.66. The Kier molecular flexibility index (Phi) is 3.47. The molecule has 0 atom stereocenters. The van der Waals surface area contributed by atoms with Crippen molar-refractivity contribution in [3.05, 3.63) is 28.2 Å². The maximum absolute atomic E-state index is 11.9. The number of amides is 2.